The molecular weight excluding hydrogens is 310 g/mol. The van der Waals surface area contributed by atoms with Crippen LogP contribution in [0.5, 0.6) is 0 Å². The number of rotatable bonds is 5. The maximum atomic E-state index is 4.60. The molecule has 1 N–H and O–H groups in total. The predicted octanol–water partition coefficient (Wildman–Crippen LogP) is 0.625. The third kappa shape index (κ3) is 3.82. The summed E-state index contributed by atoms with van der Waals surface area (Å²) in [6.07, 6.45) is 2.89. The van der Waals surface area contributed by atoms with E-state index in [2.05, 4.69) is 61.5 Å². The summed E-state index contributed by atoms with van der Waals surface area (Å²) in [7, 11) is 0. The second-order valence-electron chi connectivity index (χ2n) is 6.57. The monoisotopic (exact) mass is 335 g/mol. The standard InChI is InChI=1S/C20H25N5/c1-2-6-18-17(5-1)19(8-10-21-18)22-11-12-24-13-15-25(16-14-24)20-7-3-4-9-23-20/h1-7,9,22H,8,10-16H2. The number of nitrogens with zero attached hydrogens (tertiary/aromatic N) is 4. The van der Waals surface area contributed by atoms with Crippen molar-refractivity contribution in [3.05, 3.63) is 59.2 Å². The second-order valence-corrected chi connectivity index (χ2v) is 6.57. The lowest BCUT2D eigenvalue weighted by molar-refractivity contribution is 0.260. The molecule has 2 aliphatic rings. The second kappa shape index (κ2) is 7.66. The molecule has 5 nitrogen and oxygen atoms in total. The highest BCUT2D eigenvalue weighted by Crippen LogP contribution is 2.12. The number of fused-ring (bicyclic) bond motifs is 1. The van der Waals surface area contributed by atoms with Crippen LogP contribution in [0.25, 0.3) is 5.70 Å². The van der Waals surface area contributed by atoms with Crippen molar-refractivity contribution in [3.63, 3.8) is 0 Å². The number of aromatic nitrogens is 1. The van der Waals surface area contributed by atoms with Crippen LogP contribution in [-0.2, 0) is 0 Å². The zero-order valence-electron chi connectivity index (χ0n) is 14.6. The van der Waals surface area contributed by atoms with Gasteiger partial charge in [0.2, 0.25) is 0 Å². The summed E-state index contributed by atoms with van der Waals surface area (Å²) in [4.78, 5) is 14.0. The van der Waals surface area contributed by atoms with Gasteiger partial charge in [-0.15, -0.1) is 0 Å². The Kier molecular flexibility index (Phi) is 4.93. The van der Waals surface area contributed by atoms with E-state index in [0.717, 1.165) is 63.4 Å². The highest BCUT2D eigenvalue weighted by Gasteiger charge is 2.17. The summed E-state index contributed by atoms with van der Waals surface area (Å²) in [5, 5.41) is 6.05. The third-order valence-electron chi connectivity index (χ3n) is 4.99. The molecule has 2 aromatic rings. The van der Waals surface area contributed by atoms with E-state index >= 15 is 0 Å². The molecule has 0 saturated carbocycles. The first-order valence-electron chi connectivity index (χ1n) is 9.15. The molecular formula is C20H25N5. The zero-order valence-corrected chi connectivity index (χ0v) is 14.6. The van der Waals surface area contributed by atoms with Gasteiger partial charge in [0.15, 0.2) is 0 Å². The van der Waals surface area contributed by atoms with Crippen molar-refractivity contribution in [2.24, 2.45) is 4.99 Å². The molecule has 0 aliphatic carbocycles. The summed E-state index contributed by atoms with van der Waals surface area (Å²) in [6.45, 7) is 7.26. The van der Waals surface area contributed by atoms with E-state index in [1.165, 1.54) is 10.9 Å². The van der Waals surface area contributed by atoms with Gasteiger partial charge >= 0.3 is 0 Å². The Morgan fingerprint density at radius 1 is 0.960 bits per heavy atom. The smallest absolute Gasteiger partial charge is 0.128 e. The average Bonchev–Trinajstić information content (AvgIpc) is 2.69. The average molecular weight is 335 g/mol. The molecule has 0 radical (unpaired) electrons. The van der Waals surface area contributed by atoms with Gasteiger partial charge in [0.05, 0.1) is 5.36 Å². The molecule has 0 bridgehead atoms. The molecule has 1 aromatic carbocycles. The topological polar surface area (TPSA) is 43.8 Å². The maximum Gasteiger partial charge on any atom is 0.128 e. The minimum absolute atomic E-state index is 0.891. The molecule has 25 heavy (non-hydrogen) atoms. The summed E-state index contributed by atoms with van der Waals surface area (Å²) < 4.78 is 0. The number of hydrogen-bond acceptors (Lipinski definition) is 5. The number of piperazine rings is 1. The summed E-state index contributed by atoms with van der Waals surface area (Å²) in [6, 6.07) is 14.6. The van der Waals surface area contributed by atoms with Crippen molar-refractivity contribution in [2.75, 3.05) is 50.7 Å². The van der Waals surface area contributed by atoms with Crippen LogP contribution in [0.1, 0.15) is 6.42 Å². The van der Waals surface area contributed by atoms with Gasteiger partial charge in [-0.05, 0) is 18.2 Å². The van der Waals surface area contributed by atoms with E-state index in [1.807, 2.05) is 12.3 Å². The van der Waals surface area contributed by atoms with Gasteiger partial charge in [0.1, 0.15) is 5.82 Å². The predicted molar refractivity (Wildman–Crippen MR) is 101 cm³/mol. The summed E-state index contributed by atoms with van der Waals surface area (Å²) >= 11 is 0. The number of nitrogens with one attached hydrogen (secondary N) is 1. The van der Waals surface area contributed by atoms with Crippen molar-refractivity contribution in [1.82, 2.24) is 15.2 Å². The first-order chi connectivity index (χ1) is 12.4. The Hall–Kier alpha value is -2.40. The number of pyridine rings is 1. The largest absolute Gasteiger partial charge is 0.386 e. The summed E-state index contributed by atoms with van der Waals surface area (Å²) in [5.74, 6) is 1.10. The normalized spacial score (nSPS) is 17.8. The first-order valence-corrected chi connectivity index (χ1v) is 9.15. The molecule has 0 spiro atoms. The van der Waals surface area contributed by atoms with Crippen LogP contribution in [0.2, 0.25) is 0 Å². The van der Waals surface area contributed by atoms with Crippen molar-refractivity contribution >= 4 is 11.5 Å². The van der Waals surface area contributed by atoms with Gasteiger partial charge in [-0.1, -0.05) is 24.3 Å². The summed E-state index contributed by atoms with van der Waals surface area (Å²) in [5.41, 5.74) is 1.35. The molecule has 0 atom stereocenters. The third-order valence-corrected chi connectivity index (χ3v) is 4.99. The minimum atomic E-state index is 0.891. The van der Waals surface area contributed by atoms with Crippen LogP contribution in [0.3, 0.4) is 0 Å². The van der Waals surface area contributed by atoms with Crippen LogP contribution in [0.4, 0.5) is 5.82 Å². The van der Waals surface area contributed by atoms with Crippen LogP contribution in [0, 0.1) is 0 Å². The SMILES string of the molecule is c1ccc(N2CCN(CCNC3=c4ccccc4=NCC3)CC2)nc1. The van der Waals surface area contributed by atoms with Crippen LogP contribution in [0.15, 0.2) is 53.7 Å². The van der Waals surface area contributed by atoms with E-state index in [1.54, 1.807) is 0 Å². The van der Waals surface area contributed by atoms with Gasteiger partial charge < -0.3 is 10.2 Å². The fourth-order valence-electron chi connectivity index (χ4n) is 3.58. The van der Waals surface area contributed by atoms with E-state index in [0.29, 0.717) is 0 Å². The van der Waals surface area contributed by atoms with Crippen molar-refractivity contribution < 1.29 is 0 Å². The highest BCUT2D eigenvalue weighted by atomic mass is 15.3. The Labute approximate surface area is 148 Å². The molecule has 3 heterocycles. The fourth-order valence-corrected chi connectivity index (χ4v) is 3.58. The highest BCUT2D eigenvalue weighted by molar-refractivity contribution is 5.43. The van der Waals surface area contributed by atoms with E-state index < -0.39 is 0 Å². The molecule has 0 amide bonds. The van der Waals surface area contributed by atoms with Crippen LogP contribution >= 0.6 is 0 Å². The molecule has 1 saturated heterocycles. The fraction of sp³-hybridized carbons (Fsp3) is 0.400. The van der Waals surface area contributed by atoms with Crippen LogP contribution < -0.4 is 20.8 Å². The maximum absolute atomic E-state index is 4.60. The lowest BCUT2D eigenvalue weighted by atomic mass is 10.1. The molecule has 1 aromatic heterocycles. The van der Waals surface area contributed by atoms with Crippen molar-refractivity contribution in [2.45, 2.75) is 6.42 Å². The Bertz CT molecular complexity index is 809. The van der Waals surface area contributed by atoms with E-state index in [-0.39, 0.29) is 0 Å². The molecule has 1 fully saturated rings. The van der Waals surface area contributed by atoms with Gasteiger partial charge in [0.25, 0.3) is 0 Å². The number of hydrogen-bond donors (Lipinski definition) is 1. The Morgan fingerprint density at radius 3 is 2.64 bits per heavy atom. The Balaban J connectivity index is 1.29. The van der Waals surface area contributed by atoms with E-state index in [9.17, 15) is 0 Å². The molecule has 130 valence electrons. The van der Waals surface area contributed by atoms with Crippen molar-refractivity contribution in [3.8, 4) is 0 Å². The van der Waals surface area contributed by atoms with Gasteiger partial charge in [-0.2, -0.15) is 0 Å². The van der Waals surface area contributed by atoms with Crippen LogP contribution in [-0.4, -0.2) is 55.7 Å². The molecule has 5 heteroatoms. The zero-order chi connectivity index (χ0) is 16.9. The lowest BCUT2D eigenvalue weighted by Gasteiger charge is -2.35. The molecule has 4 rings (SSSR count). The van der Waals surface area contributed by atoms with Crippen molar-refractivity contribution in [1.29, 1.82) is 0 Å². The lowest BCUT2D eigenvalue weighted by Crippen LogP contribution is -2.48. The van der Waals surface area contributed by atoms with E-state index in [4.69, 9.17) is 0 Å². The molecule has 2 aliphatic heterocycles. The minimum Gasteiger partial charge on any atom is -0.386 e. The first kappa shape index (κ1) is 16.1. The Morgan fingerprint density at radius 2 is 1.80 bits per heavy atom. The number of para-hydroxylation sites is 1. The number of anilines is 1. The van der Waals surface area contributed by atoms with Gasteiger partial charge in [-0.3, -0.25) is 9.89 Å². The number of benzene rings is 1. The quantitative estimate of drug-likeness (QED) is 0.870. The van der Waals surface area contributed by atoms with Gasteiger partial charge in [0, 0.05) is 69.3 Å². The molecule has 0 unspecified atom stereocenters. The van der Waals surface area contributed by atoms with Gasteiger partial charge in [-0.25, -0.2) is 4.98 Å².